The second-order valence-electron chi connectivity index (χ2n) is 7.19. The van der Waals surface area contributed by atoms with Gasteiger partial charge in [0.15, 0.2) is 0 Å². The number of aromatic nitrogens is 2. The second kappa shape index (κ2) is 13.4. The number of carboxylic acids is 2. The highest BCUT2D eigenvalue weighted by molar-refractivity contribution is 7.80. The van der Waals surface area contributed by atoms with Crippen molar-refractivity contribution in [1.29, 1.82) is 0 Å². The van der Waals surface area contributed by atoms with E-state index in [1.807, 2.05) is 0 Å². The zero-order valence-corrected chi connectivity index (χ0v) is 18.6. The van der Waals surface area contributed by atoms with E-state index >= 15 is 0 Å². The first kappa shape index (κ1) is 27.9. The maximum Gasteiger partial charge on any atom is 0.327 e. The van der Waals surface area contributed by atoms with Crippen molar-refractivity contribution >= 4 is 42.3 Å². The number of imidazole rings is 1. The van der Waals surface area contributed by atoms with Gasteiger partial charge in [0.1, 0.15) is 18.1 Å². The van der Waals surface area contributed by atoms with Crippen LogP contribution in [0.15, 0.2) is 12.5 Å². The maximum absolute atomic E-state index is 12.7. The van der Waals surface area contributed by atoms with E-state index in [9.17, 15) is 29.1 Å². The minimum Gasteiger partial charge on any atom is -0.481 e. The lowest BCUT2D eigenvalue weighted by atomic mass is 10.1. The molecule has 0 saturated carbocycles. The Balaban J connectivity index is 2.91. The van der Waals surface area contributed by atoms with Crippen molar-refractivity contribution in [1.82, 2.24) is 25.9 Å². The summed E-state index contributed by atoms with van der Waals surface area (Å²) in [6.07, 6.45) is 0.669. The zero-order chi connectivity index (χ0) is 25.1. The highest BCUT2D eigenvalue weighted by atomic mass is 32.1. The van der Waals surface area contributed by atoms with Gasteiger partial charge in [0.05, 0.1) is 18.5 Å². The van der Waals surface area contributed by atoms with Gasteiger partial charge in [-0.05, 0) is 13.3 Å². The number of hydrogen-bond acceptors (Lipinski definition) is 9. The van der Waals surface area contributed by atoms with Crippen molar-refractivity contribution in [2.45, 2.75) is 56.5 Å². The van der Waals surface area contributed by atoms with Crippen LogP contribution in [0.25, 0.3) is 0 Å². The number of amides is 3. The largest absolute Gasteiger partial charge is 0.481 e. The van der Waals surface area contributed by atoms with Gasteiger partial charge in [-0.15, -0.1) is 0 Å². The number of thiol groups is 1. The molecular formula is C18H28N6O8S. The van der Waals surface area contributed by atoms with E-state index in [1.165, 1.54) is 19.4 Å². The molecule has 0 saturated heterocycles. The number of nitrogens with one attached hydrogen (secondary N) is 4. The van der Waals surface area contributed by atoms with Crippen LogP contribution in [0.5, 0.6) is 0 Å². The van der Waals surface area contributed by atoms with E-state index < -0.39 is 66.4 Å². The van der Waals surface area contributed by atoms with Crippen LogP contribution in [0.1, 0.15) is 25.5 Å². The Hall–Kier alpha value is -3.17. The van der Waals surface area contributed by atoms with Crippen LogP contribution in [-0.2, 0) is 30.4 Å². The molecule has 1 aromatic heterocycles. The summed E-state index contributed by atoms with van der Waals surface area (Å²) in [5.41, 5.74) is 6.40. The molecule has 1 rings (SSSR count). The highest BCUT2D eigenvalue weighted by Gasteiger charge is 2.32. The first-order chi connectivity index (χ1) is 15.5. The summed E-state index contributed by atoms with van der Waals surface area (Å²) < 4.78 is 0. The summed E-state index contributed by atoms with van der Waals surface area (Å²) >= 11 is 3.82. The molecule has 9 N–H and O–H groups in total. The molecule has 0 aliphatic carbocycles. The molecule has 0 aromatic carbocycles. The molecule has 1 heterocycles. The number of rotatable bonds is 14. The van der Waals surface area contributed by atoms with Crippen LogP contribution in [0.4, 0.5) is 0 Å². The van der Waals surface area contributed by atoms with Crippen molar-refractivity contribution in [3.05, 3.63) is 18.2 Å². The molecule has 33 heavy (non-hydrogen) atoms. The van der Waals surface area contributed by atoms with Crippen molar-refractivity contribution in [2.75, 3.05) is 5.75 Å². The van der Waals surface area contributed by atoms with E-state index in [0.717, 1.165) is 0 Å². The Labute approximate surface area is 194 Å². The molecule has 0 aliphatic rings. The fourth-order valence-corrected chi connectivity index (χ4v) is 2.89. The molecule has 0 aliphatic heterocycles. The summed E-state index contributed by atoms with van der Waals surface area (Å²) in [4.78, 5) is 66.2. The zero-order valence-electron chi connectivity index (χ0n) is 17.7. The Morgan fingerprint density at radius 1 is 1.09 bits per heavy atom. The third kappa shape index (κ3) is 9.46. The second-order valence-corrected chi connectivity index (χ2v) is 7.56. The van der Waals surface area contributed by atoms with Gasteiger partial charge in [0, 0.05) is 30.5 Å². The average Bonchev–Trinajstić information content (AvgIpc) is 3.24. The van der Waals surface area contributed by atoms with E-state index in [-0.39, 0.29) is 18.6 Å². The summed E-state index contributed by atoms with van der Waals surface area (Å²) in [6.45, 7) is 1.19. The summed E-state index contributed by atoms with van der Waals surface area (Å²) in [6, 6.07) is -5.44. The highest BCUT2D eigenvalue weighted by Crippen LogP contribution is 2.04. The van der Waals surface area contributed by atoms with Gasteiger partial charge >= 0.3 is 11.9 Å². The molecule has 1 aromatic rings. The molecule has 14 nitrogen and oxygen atoms in total. The van der Waals surface area contributed by atoms with Crippen LogP contribution in [-0.4, -0.2) is 91.0 Å². The minimum atomic E-state index is -1.58. The fraction of sp³-hybridized carbons (Fsp3) is 0.556. The van der Waals surface area contributed by atoms with Crippen LogP contribution >= 0.6 is 12.6 Å². The number of H-pyrrole nitrogens is 1. The molecule has 0 fully saturated rings. The number of carbonyl (C=O) groups excluding carboxylic acids is 3. The third-order valence-corrected chi connectivity index (χ3v) is 4.84. The Kier molecular flexibility index (Phi) is 11.3. The number of hydrogen-bond donors (Lipinski definition) is 9. The van der Waals surface area contributed by atoms with Gasteiger partial charge in [-0.3, -0.25) is 19.2 Å². The molecular weight excluding hydrogens is 460 g/mol. The molecule has 5 atom stereocenters. The van der Waals surface area contributed by atoms with E-state index in [4.69, 9.17) is 15.9 Å². The number of carbonyl (C=O) groups is 5. The van der Waals surface area contributed by atoms with Crippen LogP contribution in [0, 0.1) is 0 Å². The van der Waals surface area contributed by atoms with Crippen molar-refractivity contribution in [3.8, 4) is 0 Å². The smallest absolute Gasteiger partial charge is 0.327 e. The van der Waals surface area contributed by atoms with Gasteiger partial charge in [-0.2, -0.15) is 12.6 Å². The molecule has 0 bridgehead atoms. The lowest BCUT2D eigenvalue weighted by molar-refractivity contribution is -0.142. The van der Waals surface area contributed by atoms with Gasteiger partial charge in [0.2, 0.25) is 17.7 Å². The Bertz CT molecular complexity index is 834. The maximum atomic E-state index is 12.7. The molecule has 0 radical (unpaired) electrons. The summed E-state index contributed by atoms with van der Waals surface area (Å²) in [5.74, 6) is -5.56. The molecule has 3 amide bonds. The lowest BCUT2D eigenvalue weighted by Gasteiger charge is -2.26. The van der Waals surface area contributed by atoms with Gasteiger partial charge in [0.25, 0.3) is 0 Å². The van der Waals surface area contributed by atoms with E-state index in [1.54, 1.807) is 0 Å². The minimum absolute atomic E-state index is 0.0676. The first-order valence-corrected chi connectivity index (χ1v) is 10.5. The van der Waals surface area contributed by atoms with Crippen molar-refractivity contribution < 1.29 is 39.3 Å². The molecule has 0 spiro atoms. The normalized spacial score (nSPS) is 15.4. The predicted octanol–water partition coefficient (Wildman–Crippen LogP) is -3.01. The van der Waals surface area contributed by atoms with Crippen LogP contribution in [0.3, 0.4) is 0 Å². The number of aliphatic hydroxyl groups is 1. The fourth-order valence-electron chi connectivity index (χ4n) is 2.65. The Morgan fingerprint density at radius 2 is 1.73 bits per heavy atom. The summed E-state index contributed by atoms with van der Waals surface area (Å²) in [7, 11) is 0. The lowest BCUT2D eigenvalue weighted by Crippen LogP contribution is -2.60. The number of carboxylic acid groups (broad SMARTS) is 2. The molecule has 15 heteroatoms. The number of aliphatic carboxylic acids is 2. The van der Waals surface area contributed by atoms with Crippen molar-refractivity contribution in [3.63, 3.8) is 0 Å². The van der Waals surface area contributed by atoms with Crippen LogP contribution < -0.4 is 21.7 Å². The van der Waals surface area contributed by atoms with E-state index in [2.05, 4.69) is 38.5 Å². The van der Waals surface area contributed by atoms with Gasteiger partial charge in [-0.1, -0.05) is 0 Å². The summed E-state index contributed by atoms with van der Waals surface area (Å²) in [5, 5.41) is 34.6. The molecule has 5 unspecified atom stereocenters. The quantitative estimate of drug-likeness (QED) is 0.120. The van der Waals surface area contributed by atoms with Gasteiger partial charge in [-0.25, -0.2) is 9.78 Å². The first-order valence-electron chi connectivity index (χ1n) is 9.83. The number of aromatic amines is 1. The number of nitrogens with two attached hydrogens (primary N) is 1. The van der Waals surface area contributed by atoms with E-state index in [0.29, 0.717) is 5.69 Å². The monoisotopic (exact) mass is 488 g/mol. The van der Waals surface area contributed by atoms with Gasteiger partial charge < -0.3 is 42.0 Å². The number of aliphatic hydroxyl groups excluding tert-OH is 1. The van der Waals surface area contributed by atoms with Crippen LogP contribution in [0.2, 0.25) is 0 Å². The predicted molar refractivity (Wildman–Crippen MR) is 116 cm³/mol. The number of nitrogens with zero attached hydrogens (tertiary/aromatic N) is 1. The molecule has 184 valence electrons. The van der Waals surface area contributed by atoms with Crippen molar-refractivity contribution in [2.24, 2.45) is 5.73 Å². The third-order valence-electron chi connectivity index (χ3n) is 4.47. The topological polar surface area (TPSA) is 237 Å². The SMILES string of the molecule is CC(O)C(NC(=O)C(CCC(=O)O)NC(=O)C(N)Cc1cnc[nH]1)C(=O)NC(CS)C(=O)O. The standard InChI is InChI=1S/C18H28N6O8S/c1-8(25)14(17(30)23-12(6-33)18(31)32)24-16(29)11(2-3-13(26)27)22-15(28)10(19)4-9-5-20-7-21-9/h5,7-8,10-12,14,25,33H,2-4,6,19H2,1H3,(H,20,21)(H,22,28)(H,23,30)(H,24,29)(H,26,27)(H,31,32). The Morgan fingerprint density at radius 3 is 2.21 bits per heavy atom. The average molecular weight is 489 g/mol.